The molecule has 1 N–H and O–H groups in total. The summed E-state index contributed by atoms with van der Waals surface area (Å²) < 4.78 is 2.60. The third-order valence-electron chi connectivity index (χ3n) is 3.63. The van der Waals surface area contributed by atoms with Gasteiger partial charge in [0.2, 0.25) is 5.91 Å². The van der Waals surface area contributed by atoms with E-state index in [1.54, 1.807) is 7.05 Å². The van der Waals surface area contributed by atoms with Crippen LogP contribution >= 0.6 is 22.6 Å². The second kappa shape index (κ2) is 6.92. The standard InChI is InChI=1S/C17H20IN3O3/c1-17(2,3)11-5-7-12(8-6-11)19-14(22)10-21-15(23)13(18)9-20(4)16(21)24/h5-9H,10H2,1-4H3,(H,19,22). The minimum absolute atomic E-state index is 0.0305. The van der Waals surface area contributed by atoms with Crippen molar-refractivity contribution in [1.29, 1.82) is 0 Å². The van der Waals surface area contributed by atoms with Gasteiger partial charge in [-0.3, -0.25) is 9.59 Å². The molecule has 0 aliphatic rings. The molecule has 1 heterocycles. The SMILES string of the molecule is Cn1cc(I)c(=O)n(CC(=O)Nc2ccc(C(C)(C)C)cc2)c1=O. The first kappa shape index (κ1) is 18.4. The van der Waals surface area contributed by atoms with Gasteiger partial charge in [-0.1, -0.05) is 32.9 Å². The average molecular weight is 441 g/mol. The van der Waals surface area contributed by atoms with Crippen molar-refractivity contribution in [3.05, 3.63) is 60.4 Å². The van der Waals surface area contributed by atoms with Gasteiger partial charge in [-0.25, -0.2) is 9.36 Å². The van der Waals surface area contributed by atoms with Gasteiger partial charge < -0.3 is 9.88 Å². The van der Waals surface area contributed by atoms with Gasteiger partial charge in [0.1, 0.15) is 6.54 Å². The fourth-order valence-corrected chi connectivity index (χ4v) is 2.93. The van der Waals surface area contributed by atoms with Crippen molar-refractivity contribution in [3.63, 3.8) is 0 Å². The maximum absolute atomic E-state index is 12.2. The normalized spacial score (nSPS) is 11.4. The lowest BCUT2D eigenvalue weighted by Gasteiger charge is -2.19. The molecule has 1 aromatic heterocycles. The van der Waals surface area contributed by atoms with E-state index < -0.39 is 17.2 Å². The fourth-order valence-electron chi connectivity index (χ4n) is 2.22. The molecule has 1 amide bonds. The average Bonchev–Trinajstić information content (AvgIpc) is 2.49. The molecular weight excluding hydrogens is 421 g/mol. The summed E-state index contributed by atoms with van der Waals surface area (Å²) in [5, 5.41) is 2.71. The van der Waals surface area contributed by atoms with Gasteiger partial charge in [0.25, 0.3) is 5.56 Å². The minimum atomic E-state index is -0.515. The van der Waals surface area contributed by atoms with Gasteiger partial charge in [-0.05, 0) is 45.7 Å². The zero-order valence-electron chi connectivity index (χ0n) is 14.1. The predicted octanol–water partition coefficient (Wildman–Crippen LogP) is 2.09. The van der Waals surface area contributed by atoms with Crippen LogP contribution in [0.1, 0.15) is 26.3 Å². The Morgan fingerprint density at radius 1 is 1.17 bits per heavy atom. The van der Waals surface area contributed by atoms with E-state index in [1.165, 1.54) is 10.8 Å². The van der Waals surface area contributed by atoms with E-state index in [-0.39, 0.29) is 12.0 Å². The molecule has 0 radical (unpaired) electrons. The van der Waals surface area contributed by atoms with Gasteiger partial charge in [-0.2, -0.15) is 0 Å². The van der Waals surface area contributed by atoms with E-state index in [0.717, 1.165) is 10.1 Å². The van der Waals surface area contributed by atoms with E-state index in [0.29, 0.717) is 9.26 Å². The lowest BCUT2D eigenvalue weighted by Crippen LogP contribution is -2.42. The van der Waals surface area contributed by atoms with E-state index >= 15 is 0 Å². The molecular formula is C17H20IN3O3. The Hall–Kier alpha value is -1.90. The van der Waals surface area contributed by atoms with Crippen LogP contribution in [-0.2, 0) is 23.8 Å². The highest BCUT2D eigenvalue weighted by atomic mass is 127. The number of rotatable bonds is 3. The van der Waals surface area contributed by atoms with Crippen molar-refractivity contribution in [2.24, 2.45) is 7.05 Å². The molecule has 0 aliphatic carbocycles. The maximum Gasteiger partial charge on any atom is 0.331 e. The predicted molar refractivity (Wildman–Crippen MR) is 102 cm³/mol. The second-order valence-corrected chi connectivity index (χ2v) is 7.80. The Balaban J connectivity index is 2.18. The molecule has 6 nitrogen and oxygen atoms in total. The highest BCUT2D eigenvalue weighted by Crippen LogP contribution is 2.23. The molecule has 0 atom stereocenters. The molecule has 128 valence electrons. The van der Waals surface area contributed by atoms with Crippen LogP contribution in [0.2, 0.25) is 0 Å². The number of aromatic nitrogens is 2. The number of anilines is 1. The molecule has 0 bridgehead atoms. The largest absolute Gasteiger partial charge is 0.331 e. The summed E-state index contributed by atoms with van der Waals surface area (Å²) >= 11 is 1.85. The second-order valence-electron chi connectivity index (χ2n) is 6.64. The van der Waals surface area contributed by atoms with E-state index in [2.05, 4.69) is 26.1 Å². The summed E-state index contributed by atoms with van der Waals surface area (Å²) in [4.78, 5) is 36.2. The number of nitrogens with zero attached hydrogens (tertiary/aromatic N) is 2. The number of hydrogen-bond acceptors (Lipinski definition) is 3. The highest BCUT2D eigenvalue weighted by molar-refractivity contribution is 14.1. The van der Waals surface area contributed by atoms with Gasteiger partial charge in [0.05, 0.1) is 3.57 Å². The first-order valence-electron chi connectivity index (χ1n) is 7.46. The number of carbonyl (C=O) groups is 1. The molecule has 0 unspecified atom stereocenters. The lowest BCUT2D eigenvalue weighted by molar-refractivity contribution is -0.116. The number of carbonyl (C=O) groups excluding carboxylic acids is 1. The molecule has 0 spiro atoms. The fraction of sp³-hybridized carbons (Fsp3) is 0.353. The summed E-state index contributed by atoms with van der Waals surface area (Å²) in [5.41, 5.74) is 0.838. The summed E-state index contributed by atoms with van der Waals surface area (Å²) in [7, 11) is 1.55. The van der Waals surface area contributed by atoms with Crippen LogP contribution in [0.15, 0.2) is 40.1 Å². The van der Waals surface area contributed by atoms with Crippen LogP contribution in [0.25, 0.3) is 0 Å². The zero-order valence-corrected chi connectivity index (χ0v) is 16.2. The van der Waals surface area contributed by atoms with E-state index in [1.807, 2.05) is 46.9 Å². The van der Waals surface area contributed by atoms with Crippen LogP contribution in [0.5, 0.6) is 0 Å². The van der Waals surface area contributed by atoms with Crippen molar-refractivity contribution in [3.8, 4) is 0 Å². The minimum Gasteiger partial charge on any atom is -0.325 e. The third-order valence-corrected chi connectivity index (χ3v) is 4.37. The van der Waals surface area contributed by atoms with Crippen molar-refractivity contribution in [2.45, 2.75) is 32.7 Å². The molecule has 2 aromatic rings. The smallest absolute Gasteiger partial charge is 0.325 e. The molecule has 0 saturated heterocycles. The first-order valence-corrected chi connectivity index (χ1v) is 8.54. The summed E-state index contributed by atoms with van der Waals surface area (Å²) in [5.74, 6) is -0.417. The molecule has 0 aliphatic heterocycles. The maximum atomic E-state index is 12.2. The number of hydrogen-bond donors (Lipinski definition) is 1. The van der Waals surface area contributed by atoms with Crippen molar-refractivity contribution >= 4 is 34.2 Å². The Labute approximate surface area is 153 Å². The van der Waals surface area contributed by atoms with Crippen LogP contribution < -0.4 is 16.6 Å². The molecule has 2 rings (SSSR count). The van der Waals surface area contributed by atoms with Gasteiger partial charge in [-0.15, -0.1) is 0 Å². The van der Waals surface area contributed by atoms with Crippen LogP contribution in [0, 0.1) is 3.57 Å². The Bertz CT molecular complexity index is 840. The Morgan fingerprint density at radius 2 is 1.75 bits per heavy atom. The summed E-state index contributed by atoms with van der Waals surface area (Å²) in [6.45, 7) is 6.02. The quantitative estimate of drug-likeness (QED) is 0.742. The molecule has 7 heteroatoms. The number of nitrogens with one attached hydrogen (secondary N) is 1. The van der Waals surface area contributed by atoms with Crippen LogP contribution in [-0.4, -0.2) is 15.0 Å². The van der Waals surface area contributed by atoms with E-state index in [4.69, 9.17) is 0 Å². The van der Waals surface area contributed by atoms with Crippen LogP contribution in [0.3, 0.4) is 0 Å². The van der Waals surface area contributed by atoms with Crippen LogP contribution in [0.4, 0.5) is 5.69 Å². The first-order chi connectivity index (χ1) is 11.1. The number of halogens is 1. The van der Waals surface area contributed by atoms with Crippen molar-refractivity contribution < 1.29 is 4.79 Å². The lowest BCUT2D eigenvalue weighted by atomic mass is 9.87. The molecule has 0 saturated carbocycles. The van der Waals surface area contributed by atoms with Gasteiger partial charge in [0, 0.05) is 18.9 Å². The van der Waals surface area contributed by atoms with E-state index in [9.17, 15) is 14.4 Å². The summed E-state index contributed by atoms with van der Waals surface area (Å²) in [6, 6.07) is 7.53. The molecule has 24 heavy (non-hydrogen) atoms. The van der Waals surface area contributed by atoms with Gasteiger partial charge >= 0.3 is 5.69 Å². The molecule has 0 fully saturated rings. The number of amides is 1. The van der Waals surface area contributed by atoms with Crippen molar-refractivity contribution in [1.82, 2.24) is 9.13 Å². The Kier molecular flexibility index (Phi) is 5.32. The zero-order chi connectivity index (χ0) is 18.1. The highest BCUT2D eigenvalue weighted by Gasteiger charge is 2.14. The topological polar surface area (TPSA) is 73.1 Å². The Morgan fingerprint density at radius 3 is 2.29 bits per heavy atom. The molecule has 1 aromatic carbocycles. The summed E-state index contributed by atoms with van der Waals surface area (Å²) in [6.07, 6.45) is 1.45. The third kappa shape index (κ3) is 4.14. The number of aryl methyl sites for hydroxylation is 1. The van der Waals surface area contributed by atoms with Gasteiger partial charge in [0.15, 0.2) is 0 Å². The van der Waals surface area contributed by atoms with Crippen molar-refractivity contribution in [2.75, 3.05) is 5.32 Å². The number of benzene rings is 1. The monoisotopic (exact) mass is 441 g/mol.